The first-order valence-corrected chi connectivity index (χ1v) is 6.76. The Labute approximate surface area is 138 Å². The summed E-state index contributed by atoms with van der Waals surface area (Å²) in [5, 5.41) is 12.3. The van der Waals surface area contributed by atoms with Gasteiger partial charge < -0.3 is 5.11 Å². The van der Waals surface area contributed by atoms with E-state index in [1.807, 2.05) is 63.3 Å². The van der Waals surface area contributed by atoms with Crippen LogP contribution >= 0.6 is 12.4 Å². The van der Waals surface area contributed by atoms with Crippen LogP contribution in [-0.4, -0.2) is 41.3 Å². The highest BCUT2D eigenvalue weighted by Crippen LogP contribution is 2.24. The molecule has 0 aromatic rings. The fourth-order valence-corrected chi connectivity index (χ4v) is 1.80. The molecule has 0 amide bonds. The van der Waals surface area contributed by atoms with E-state index in [0.717, 1.165) is 11.1 Å². The molecule has 0 saturated heterocycles. The number of hydrogen-bond acceptors (Lipinski definition) is 4. The Balaban J connectivity index is 0.000000432. The molecule has 0 aromatic heterocycles. The van der Waals surface area contributed by atoms with Crippen LogP contribution in [0.25, 0.3) is 11.1 Å². The van der Waals surface area contributed by atoms with Crippen molar-refractivity contribution in [3.8, 4) is 11.1 Å². The van der Waals surface area contributed by atoms with Gasteiger partial charge in [-0.05, 0) is 37.1 Å². The first-order chi connectivity index (χ1) is 9.82. The van der Waals surface area contributed by atoms with Gasteiger partial charge in [0.15, 0.2) is 0 Å². The summed E-state index contributed by atoms with van der Waals surface area (Å²) < 4.78 is 0. The molecule has 0 radical (unpaired) electrons. The quantitative estimate of drug-likeness (QED) is 0.670. The average Bonchev–Trinajstić information content (AvgIpc) is 2.70. The molecule has 3 N–H and O–H groups in total. The third-order valence-corrected chi connectivity index (χ3v) is 2.97. The lowest BCUT2D eigenvalue weighted by Crippen LogP contribution is -2.47. The number of nitrogens with zero attached hydrogens (tertiary/aromatic N) is 2. The maximum absolute atomic E-state index is 10.6. The molecule has 6 heteroatoms. The van der Waals surface area contributed by atoms with Crippen LogP contribution in [0.4, 0.5) is 0 Å². The third-order valence-electron chi connectivity index (χ3n) is 2.97. The number of carboxylic acids is 1. The molecule has 0 spiro atoms. The molecule has 122 valence electrons. The maximum atomic E-state index is 10.6. The van der Waals surface area contributed by atoms with Crippen molar-refractivity contribution in [3.05, 3.63) is 48.0 Å². The lowest BCUT2D eigenvalue weighted by molar-refractivity contribution is -0.00656. The number of carbonyl (C=O) groups is 1. The van der Waals surface area contributed by atoms with Gasteiger partial charge in [-0.3, -0.25) is 5.84 Å². The number of hydrogen-bond donors (Lipinski definition) is 2. The predicted molar refractivity (Wildman–Crippen MR) is 92.1 cm³/mol. The first-order valence-electron chi connectivity index (χ1n) is 6.76. The molecule has 2 aliphatic carbocycles. The van der Waals surface area contributed by atoms with Gasteiger partial charge in [0.25, 0.3) is 0 Å². The molecule has 0 fully saturated rings. The molecule has 0 unspecified atom stereocenters. The van der Waals surface area contributed by atoms with E-state index < -0.39 is 5.97 Å². The second-order valence-corrected chi connectivity index (χ2v) is 5.19. The molecule has 0 aliphatic heterocycles. The largest absolute Gasteiger partial charge is 0.478 e. The van der Waals surface area contributed by atoms with Gasteiger partial charge >= 0.3 is 5.97 Å². The fourth-order valence-electron chi connectivity index (χ4n) is 1.80. The lowest BCUT2D eigenvalue weighted by Gasteiger charge is -2.26. The second kappa shape index (κ2) is 9.38. The van der Waals surface area contributed by atoms with Crippen LogP contribution in [0.2, 0.25) is 0 Å². The van der Waals surface area contributed by atoms with Gasteiger partial charge in [0, 0.05) is 20.1 Å². The standard InChI is InChI=1S/C11H8O2.C5H15N3.ClH/c12-11(13)10-6-8-4-2-1-3-5-9(8)7-10;1-5(2)8(6)7(3)4;/h1-7H,(H,12,13);5H,6H2,1-4H3;1H. The minimum atomic E-state index is -0.876. The molecular weight excluding hydrogens is 302 g/mol. The molecule has 2 aliphatic rings. The van der Waals surface area contributed by atoms with Crippen LogP contribution in [-0.2, 0) is 0 Å². The lowest BCUT2D eigenvalue weighted by atomic mass is 10.2. The Morgan fingerprint density at radius 1 is 1.09 bits per heavy atom. The smallest absolute Gasteiger partial charge is 0.335 e. The van der Waals surface area contributed by atoms with Crippen molar-refractivity contribution in [2.75, 3.05) is 14.1 Å². The van der Waals surface area contributed by atoms with E-state index in [1.165, 1.54) is 0 Å². The summed E-state index contributed by atoms with van der Waals surface area (Å²) in [7, 11) is 3.83. The number of nitrogens with two attached hydrogens (primary N) is 1. The average molecular weight is 326 g/mol. The summed E-state index contributed by atoms with van der Waals surface area (Å²) in [6, 6.07) is 13.3. The first kappa shape index (κ1) is 20.3. The molecule has 0 aromatic carbocycles. The minimum Gasteiger partial charge on any atom is -0.478 e. The van der Waals surface area contributed by atoms with Gasteiger partial charge in [0.05, 0.1) is 5.56 Å². The van der Waals surface area contributed by atoms with Crippen LogP contribution in [0, 0.1) is 0 Å². The second-order valence-electron chi connectivity index (χ2n) is 5.19. The molecule has 0 bridgehead atoms. The molecule has 2 rings (SSSR count). The maximum Gasteiger partial charge on any atom is 0.335 e. The van der Waals surface area contributed by atoms with Gasteiger partial charge in [-0.1, -0.05) is 30.3 Å². The van der Waals surface area contributed by atoms with Crippen LogP contribution in [0.1, 0.15) is 24.2 Å². The molecule has 22 heavy (non-hydrogen) atoms. The Kier molecular flexibility index (Phi) is 8.67. The number of halogens is 1. The number of fused-ring (bicyclic) bond motifs is 1. The van der Waals surface area contributed by atoms with Gasteiger partial charge in [0.2, 0.25) is 0 Å². The molecule has 0 heterocycles. The summed E-state index contributed by atoms with van der Waals surface area (Å²) in [4.78, 5) is 10.6. The van der Waals surface area contributed by atoms with Crippen molar-refractivity contribution in [1.29, 1.82) is 0 Å². The van der Waals surface area contributed by atoms with Crippen LogP contribution in [0.15, 0.2) is 42.5 Å². The van der Waals surface area contributed by atoms with Crippen molar-refractivity contribution < 1.29 is 9.90 Å². The van der Waals surface area contributed by atoms with Crippen molar-refractivity contribution in [2.24, 2.45) is 5.84 Å². The summed E-state index contributed by atoms with van der Waals surface area (Å²) >= 11 is 0. The Bertz CT molecular complexity index is 522. The van der Waals surface area contributed by atoms with Crippen molar-refractivity contribution in [1.82, 2.24) is 10.1 Å². The number of hydrazine groups is 2. The fraction of sp³-hybridized carbons (Fsp3) is 0.312. The summed E-state index contributed by atoms with van der Waals surface area (Å²) in [5.41, 5.74) is 2.27. The van der Waals surface area contributed by atoms with E-state index in [2.05, 4.69) is 0 Å². The van der Waals surface area contributed by atoms with Crippen molar-refractivity contribution >= 4 is 18.4 Å². The van der Waals surface area contributed by atoms with Crippen LogP contribution < -0.4 is 5.84 Å². The van der Waals surface area contributed by atoms with E-state index in [9.17, 15) is 4.79 Å². The highest BCUT2D eigenvalue weighted by molar-refractivity contribution is 5.92. The van der Waals surface area contributed by atoms with E-state index in [1.54, 1.807) is 17.3 Å². The van der Waals surface area contributed by atoms with E-state index in [0.29, 0.717) is 11.6 Å². The Hall–Kier alpha value is -1.66. The van der Waals surface area contributed by atoms with E-state index in [-0.39, 0.29) is 12.4 Å². The highest BCUT2D eigenvalue weighted by atomic mass is 35.5. The number of rotatable bonds is 3. The van der Waals surface area contributed by atoms with Gasteiger partial charge in [0.1, 0.15) is 0 Å². The van der Waals surface area contributed by atoms with Gasteiger partial charge in [-0.15, -0.1) is 12.4 Å². The van der Waals surface area contributed by atoms with Gasteiger partial charge in [-0.2, -0.15) is 5.12 Å². The van der Waals surface area contributed by atoms with E-state index in [4.69, 9.17) is 10.9 Å². The van der Waals surface area contributed by atoms with Crippen molar-refractivity contribution in [2.45, 2.75) is 19.9 Å². The van der Waals surface area contributed by atoms with Crippen LogP contribution in [0.3, 0.4) is 0 Å². The zero-order chi connectivity index (χ0) is 16.0. The molecule has 0 saturated carbocycles. The summed E-state index contributed by atoms with van der Waals surface area (Å²) in [5.74, 6) is 4.64. The van der Waals surface area contributed by atoms with Gasteiger partial charge in [-0.25, -0.2) is 9.80 Å². The number of aromatic carboxylic acids is 1. The SMILES string of the molecule is CC(C)N(N)N(C)C.Cl.O=C(O)c1cc2cccccc-2c1. The zero-order valence-corrected chi connectivity index (χ0v) is 14.2. The van der Waals surface area contributed by atoms with E-state index >= 15 is 0 Å². The Morgan fingerprint density at radius 2 is 1.55 bits per heavy atom. The topological polar surface area (TPSA) is 69.8 Å². The minimum absolute atomic E-state index is 0. The zero-order valence-electron chi connectivity index (χ0n) is 13.4. The van der Waals surface area contributed by atoms with Crippen molar-refractivity contribution in [3.63, 3.8) is 0 Å². The Morgan fingerprint density at radius 3 is 1.82 bits per heavy atom. The monoisotopic (exact) mass is 325 g/mol. The highest BCUT2D eigenvalue weighted by Gasteiger charge is 2.09. The summed E-state index contributed by atoms with van der Waals surface area (Å²) in [6.07, 6.45) is 0. The molecule has 5 nitrogen and oxygen atoms in total. The number of carboxylic acid groups (broad SMARTS) is 1. The predicted octanol–water partition coefficient (Wildman–Crippen LogP) is 2.96. The summed E-state index contributed by atoms with van der Waals surface area (Å²) in [6.45, 7) is 4.08. The molecular formula is C16H24ClN3O2. The normalized spacial score (nSPS) is 10.4. The van der Waals surface area contributed by atoms with Crippen LogP contribution in [0.5, 0.6) is 0 Å². The molecule has 0 atom stereocenters. The third kappa shape index (κ3) is 5.99.